The van der Waals surface area contributed by atoms with Gasteiger partial charge in [0.15, 0.2) is 0 Å². The van der Waals surface area contributed by atoms with Gasteiger partial charge >= 0.3 is 0 Å². The van der Waals surface area contributed by atoms with E-state index < -0.39 is 6.04 Å². The van der Waals surface area contributed by atoms with Crippen molar-refractivity contribution in [1.82, 2.24) is 20.5 Å². The van der Waals surface area contributed by atoms with Crippen LogP contribution in [-0.4, -0.2) is 54.8 Å². The number of Topliss-reactive ketones (excluding diaryl/α,β-unsaturated/α-hetero) is 1. The molecule has 43 heavy (non-hydrogen) atoms. The normalized spacial score (nSPS) is 12.9. The van der Waals surface area contributed by atoms with E-state index in [4.69, 9.17) is 0 Å². The minimum Gasteiger partial charge on any atom is -0.347 e. The van der Waals surface area contributed by atoms with Crippen LogP contribution >= 0.6 is 0 Å². The van der Waals surface area contributed by atoms with E-state index in [9.17, 15) is 14.0 Å². The molecule has 0 bridgehead atoms. The molecule has 2 N–H and O–H groups in total. The summed E-state index contributed by atoms with van der Waals surface area (Å²) in [7, 11) is 3.99. The van der Waals surface area contributed by atoms with Gasteiger partial charge in [-0.25, -0.2) is 13.8 Å². The van der Waals surface area contributed by atoms with Crippen LogP contribution in [0.1, 0.15) is 78.1 Å². The van der Waals surface area contributed by atoms with E-state index in [1.165, 1.54) is 19.1 Å². The minimum absolute atomic E-state index is 0.0824. The van der Waals surface area contributed by atoms with Gasteiger partial charge in [0.05, 0.1) is 0 Å². The lowest BCUT2D eigenvalue weighted by molar-refractivity contribution is -0.117. The molecular formula is C35H46F2N4O2. The van der Waals surface area contributed by atoms with Crippen LogP contribution in [0.15, 0.2) is 42.5 Å². The third-order valence-corrected chi connectivity index (χ3v) is 7.49. The number of amides is 1. The number of carbonyl (C=O) groups excluding carboxylic acids is 2. The average molecular weight is 593 g/mol. The lowest BCUT2D eigenvalue weighted by atomic mass is 9.90. The summed E-state index contributed by atoms with van der Waals surface area (Å²) < 4.78 is 29.7. The van der Waals surface area contributed by atoms with Gasteiger partial charge < -0.3 is 15.5 Å². The van der Waals surface area contributed by atoms with Gasteiger partial charge in [0.1, 0.15) is 23.1 Å². The maximum absolute atomic E-state index is 15.7. The van der Waals surface area contributed by atoms with Crippen molar-refractivity contribution in [2.24, 2.45) is 5.92 Å². The molecule has 0 spiro atoms. The molecule has 0 aliphatic carbocycles. The first-order valence-corrected chi connectivity index (χ1v) is 15.0. The number of halogens is 2. The molecule has 0 radical (unpaired) electrons. The Morgan fingerprint density at radius 3 is 2.26 bits per heavy atom. The summed E-state index contributed by atoms with van der Waals surface area (Å²) in [6.45, 7) is 12.2. The molecule has 0 saturated carbocycles. The van der Waals surface area contributed by atoms with E-state index in [0.29, 0.717) is 29.8 Å². The number of likely N-dealkylation sites (N-methyl/N-ethyl adjacent to an activating group) is 1. The van der Waals surface area contributed by atoms with Gasteiger partial charge in [0, 0.05) is 49.3 Å². The van der Waals surface area contributed by atoms with Crippen LogP contribution in [0.3, 0.4) is 0 Å². The third-order valence-electron chi connectivity index (χ3n) is 7.49. The van der Waals surface area contributed by atoms with Crippen molar-refractivity contribution in [2.75, 3.05) is 27.2 Å². The fraction of sp³-hybridized carbons (Fsp3) is 0.457. The monoisotopic (exact) mass is 592 g/mol. The van der Waals surface area contributed by atoms with Gasteiger partial charge in [0.25, 0.3) is 5.91 Å². The van der Waals surface area contributed by atoms with Gasteiger partial charge in [-0.3, -0.25) is 9.59 Å². The molecule has 0 saturated heterocycles. The number of rotatable bonds is 14. The molecular weight excluding hydrogens is 546 g/mol. The summed E-state index contributed by atoms with van der Waals surface area (Å²) in [6.07, 6.45) is 1.50. The van der Waals surface area contributed by atoms with E-state index in [1.807, 2.05) is 40.1 Å². The highest BCUT2D eigenvalue weighted by Crippen LogP contribution is 2.33. The van der Waals surface area contributed by atoms with E-state index in [-0.39, 0.29) is 41.7 Å². The summed E-state index contributed by atoms with van der Waals surface area (Å²) in [5, 5.41) is 6.51. The van der Waals surface area contributed by atoms with Crippen LogP contribution in [0.25, 0.3) is 11.1 Å². The lowest BCUT2D eigenvalue weighted by Gasteiger charge is -2.26. The summed E-state index contributed by atoms with van der Waals surface area (Å²) >= 11 is 0. The topological polar surface area (TPSA) is 74.3 Å². The molecule has 232 valence electrons. The molecule has 2 atom stereocenters. The predicted octanol–water partition coefficient (Wildman–Crippen LogP) is 6.51. The van der Waals surface area contributed by atoms with Gasteiger partial charge in [-0.15, -0.1) is 0 Å². The average Bonchev–Trinajstić information content (AvgIpc) is 2.90. The van der Waals surface area contributed by atoms with Crippen LogP contribution < -0.4 is 10.6 Å². The number of hydrogen-bond donors (Lipinski definition) is 2. The second-order valence-corrected chi connectivity index (χ2v) is 12.3. The van der Waals surface area contributed by atoms with Crippen LogP contribution in [0, 0.1) is 38.3 Å². The van der Waals surface area contributed by atoms with E-state index >= 15 is 4.39 Å². The highest BCUT2D eigenvalue weighted by Gasteiger charge is 2.24. The molecule has 0 aliphatic rings. The van der Waals surface area contributed by atoms with Crippen molar-refractivity contribution >= 4 is 11.7 Å². The number of ketones is 1. The molecule has 0 aliphatic heterocycles. The summed E-state index contributed by atoms with van der Waals surface area (Å²) in [4.78, 5) is 32.2. The molecule has 0 fully saturated rings. The first-order chi connectivity index (χ1) is 20.2. The fourth-order valence-corrected chi connectivity index (χ4v) is 5.53. The maximum atomic E-state index is 15.7. The molecule has 3 rings (SSSR count). The number of benzene rings is 2. The molecule has 1 amide bonds. The van der Waals surface area contributed by atoms with Crippen LogP contribution in [0.4, 0.5) is 8.78 Å². The Morgan fingerprint density at radius 1 is 0.977 bits per heavy atom. The van der Waals surface area contributed by atoms with Crippen molar-refractivity contribution in [3.05, 3.63) is 87.7 Å². The fourth-order valence-electron chi connectivity index (χ4n) is 5.53. The zero-order chi connectivity index (χ0) is 31.8. The Kier molecular flexibility index (Phi) is 12.1. The Hall–Kier alpha value is -3.49. The van der Waals surface area contributed by atoms with Gasteiger partial charge in [0.2, 0.25) is 0 Å². The standard InChI is InChI=1S/C35H46F2N4O2/c1-21(2)14-29(40-35(43)31-11-9-10-28(39-31)12-13-41(7)8)20-38-32(18-25(6)42)30-19-26(15-24(5)34(30)37)33-22(3)16-27(36)17-23(33)4/h9-11,15-17,19,21,29,32,38H,12-14,18,20H2,1-8H3,(H,40,43)/t29-,32-/m0/s1. The number of aryl methyl sites for hydroxylation is 3. The molecule has 1 aromatic heterocycles. The Morgan fingerprint density at radius 2 is 1.65 bits per heavy atom. The van der Waals surface area contributed by atoms with Crippen molar-refractivity contribution in [3.63, 3.8) is 0 Å². The Balaban J connectivity index is 1.88. The predicted molar refractivity (Wildman–Crippen MR) is 169 cm³/mol. The lowest BCUT2D eigenvalue weighted by Crippen LogP contribution is -2.44. The van der Waals surface area contributed by atoms with E-state index in [2.05, 4.69) is 34.4 Å². The van der Waals surface area contributed by atoms with Crippen molar-refractivity contribution in [2.45, 2.75) is 72.9 Å². The molecule has 1 heterocycles. The Labute approximate surface area is 255 Å². The Bertz CT molecular complexity index is 1410. The zero-order valence-corrected chi connectivity index (χ0v) is 26.8. The SMILES string of the molecule is CC(=O)C[C@H](NC[C@H](CC(C)C)NC(=O)c1cccc(CCN(C)C)n1)c1cc(-c2c(C)cc(F)cc2C)cc(C)c1F. The number of nitrogens with zero attached hydrogens (tertiary/aromatic N) is 2. The van der Waals surface area contributed by atoms with Crippen molar-refractivity contribution in [1.29, 1.82) is 0 Å². The molecule has 2 aromatic carbocycles. The highest BCUT2D eigenvalue weighted by atomic mass is 19.1. The zero-order valence-electron chi connectivity index (χ0n) is 26.8. The molecule has 0 unspecified atom stereocenters. The first kappa shape index (κ1) is 34.0. The second-order valence-electron chi connectivity index (χ2n) is 12.3. The number of nitrogens with one attached hydrogen (secondary N) is 2. The minimum atomic E-state index is -0.615. The van der Waals surface area contributed by atoms with Gasteiger partial charge in [-0.1, -0.05) is 19.9 Å². The van der Waals surface area contributed by atoms with Crippen LogP contribution in [0.5, 0.6) is 0 Å². The summed E-state index contributed by atoms with van der Waals surface area (Å²) in [5.74, 6) is -0.777. The maximum Gasteiger partial charge on any atom is 0.270 e. The number of carbonyl (C=O) groups is 2. The van der Waals surface area contributed by atoms with Gasteiger partial charge in [-0.2, -0.15) is 0 Å². The van der Waals surface area contributed by atoms with E-state index in [1.54, 1.807) is 25.1 Å². The summed E-state index contributed by atoms with van der Waals surface area (Å²) in [5.41, 5.74) is 5.14. The van der Waals surface area contributed by atoms with Crippen LogP contribution in [0.2, 0.25) is 0 Å². The summed E-state index contributed by atoms with van der Waals surface area (Å²) in [6, 6.07) is 11.0. The highest BCUT2D eigenvalue weighted by molar-refractivity contribution is 5.92. The first-order valence-electron chi connectivity index (χ1n) is 15.0. The largest absolute Gasteiger partial charge is 0.347 e. The van der Waals surface area contributed by atoms with Crippen molar-refractivity contribution < 1.29 is 18.4 Å². The number of aromatic nitrogens is 1. The third kappa shape index (κ3) is 9.76. The number of pyridine rings is 1. The van der Waals surface area contributed by atoms with E-state index in [0.717, 1.165) is 40.9 Å². The smallest absolute Gasteiger partial charge is 0.270 e. The quantitative estimate of drug-likeness (QED) is 0.223. The molecule has 8 heteroatoms. The second kappa shape index (κ2) is 15.3. The molecule has 3 aromatic rings. The molecule has 6 nitrogen and oxygen atoms in total. The number of hydrogen-bond acceptors (Lipinski definition) is 5. The van der Waals surface area contributed by atoms with Crippen molar-refractivity contribution in [3.8, 4) is 11.1 Å². The van der Waals surface area contributed by atoms with Gasteiger partial charge in [-0.05, 0) is 118 Å². The van der Waals surface area contributed by atoms with Crippen LogP contribution in [-0.2, 0) is 11.2 Å².